The molecule has 0 aliphatic carbocycles. The molecule has 0 radical (unpaired) electrons. The number of nitrogens with zero attached hydrogens (tertiary/aromatic N) is 3. The number of carbonyl (C=O) groups is 1. The minimum absolute atomic E-state index is 0.0128. The maximum Gasteiger partial charge on any atom is 0.406 e. The van der Waals surface area contributed by atoms with Gasteiger partial charge in [0.15, 0.2) is 0 Å². The number of aromatic nitrogens is 2. The molecule has 1 heterocycles. The van der Waals surface area contributed by atoms with Crippen LogP contribution in [0.5, 0.6) is 5.75 Å². The molecule has 1 aromatic carbocycles. The van der Waals surface area contributed by atoms with Gasteiger partial charge in [-0.1, -0.05) is 12.1 Å². The van der Waals surface area contributed by atoms with Crippen molar-refractivity contribution in [1.82, 2.24) is 14.5 Å². The Balaban J connectivity index is 1.95. The Morgan fingerprint density at radius 2 is 1.96 bits per heavy atom. The number of halogens is 3. The van der Waals surface area contributed by atoms with Crippen LogP contribution < -0.4 is 4.74 Å². The molecule has 1 amide bonds. The third-order valence-electron chi connectivity index (χ3n) is 3.55. The molecule has 0 saturated carbocycles. The molecule has 2 rings (SSSR count). The predicted molar refractivity (Wildman–Crippen MR) is 86.1 cm³/mol. The SMILES string of the molecule is CCOc1ccc(CC(=O)N(C)Cc2nccn2CC(F)(F)F)cc1. The summed E-state index contributed by atoms with van der Waals surface area (Å²) in [6.45, 7) is 1.34. The highest BCUT2D eigenvalue weighted by molar-refractivity contribution is 5.78. The van der Waals surface area contributed by atoms with Crippen LogP contribution in [0.15, 0.2) is 36.7 Å². The molecule has 0 fully saturated rings. The van der Waals surface area contributed by atoms with Crippen LogP contribution in [-0.4, -0.2) is 40.2 Å². The molecular weight excluding hydrogens is 335 g/mol. The van der Waals surface area contributed by atoms with Crippen LogP contribution in [0, 0.1) is 0 Å². The Labute approximate surface area is 144 Å². The molecule has 2 aromatic rings. The summed E-state index contributed by atoms with van der Waals surface area (Å²) in [5.41, 5.74) is 0.805. The van der Waals surface area contributed by atoms with Crippen LogP contribution in [0.4, 0.5) is 13.2 Å². The number of imidazole rings is 1. The first-order valence-electron chi connectivity index (χ1n) is 7.81. The Bertz CT molecular complexity index is 696. The summed E-state index contributed by atoms with van der Waals surface area (Å²) in [5, 5.41) is 0. The fraction of sp³-hybridized carbons (Fsp3) is 0.412. The second kappa shape index (κ2) is 8.04. The van der Waals surface area contributed by atoms with E-state index in [0.29, 0.717) is 6.61 Å². The van der Waals surface area contributed by atoms with Crippen molar-refractivity contribution in [3.05, 3.63) is 48.0 Å². The number of ether oxygens (including phenoxy) is 1. The Kier molecular flexibility index (Phi) is 6.06. The number of alkyl halides is 3. The van der Waals surface area contributed by atoms with E-state index in [2.05, 4.69) is 4.98 Å². The number of benzene rings is 1. The lowest BCUT2D eigenvalue weighted by Gasteiger charge is -2.18. The fourth-order valence-electron chi connectivity index (χ4n) is 2.31. The van der Waals surface area contributed by atoms with Gasteiger partial charge in [0.25, 0.3) is 0 Å². The van der Waals surface area contributed by atoms with Crippen molar-refractivity contribution in [3.8, 4) is 5.75 Å². The molecule has 1 aromatic heterocycles. The fourth-order valence-corrected chi connectivity index (χ4v) is 2.31. The molecule has 0 N–H and O–H groups in total. The van der Waals surface area contributed by atoms with Crippen LogP contribution >= 0.6 is 0 Å². The average molecular weight is 355 g/mol. The Morgan fingerprint density at radius 1 is 1.28 bits per heavy atom. The number of rotatable bonds is 7. The maximum atomic E-state index is 12.5. The molecule has 0 unspecified atom stereocenters. The molecule has 0 aliphatic rings. The summed E-state index contributed by atoms with van der Waals surface area (Å²) in [6.07, 6.45) is -1.62. The zero-order chi connectivity index (χ0) is 18.4. The Hall–Kier alpha value is -2.51. The molecule has 0 aliphatic heterocycles. The first-order chi connectivity index (χ1) is 11.8. The second-order valence-corrected chi connectivity index (χ2v) is 5.59. The third-order valence-corrected chi connectivity index (χ3v) is 3.55. The predicted octanol–water partition coefficient (Wildman–Crippen LogP) is 3.05. The maximum absolute atomic E-state index is 12.5. The van der Waals surface area contributed by atoms with Crippen molar-refractivity contribution in [2.75, 3.05) is 13.7 Å². The van der Waals surface area contributed by atoms with Crippen molar-refractivity contribution >= 4 is 5.91 Å². The first kappa shape index (κ1) is 18.8. The van der Waals surface area contributed by atoms with Gasteiger partial charge < -0.3 is 14.2 Å². The molecule has 0 spiro atoms. The summed E-state index contributed by atoms with van der Waals surface area (Å²) in [6, 6.07) is 7.15. The summed E-state index contributed by atoms with van der Waals surface area (Å²) >= 11 is 0. The quantitative estimate of drug-likeness (QED) is 0.767. The smallest absolute Gasteiger partial charge is 0.406 e. The highest BCUT2D eigenvalue weighted by atomic mass is 19.4. The number of hydrogen-bond acceptors (Lipinski definition) is 3. The normalized spacial score (nSPS) is 11.4. The van der Waals surface area contributed by atoms with Crippen LogP contribution in [-0.2, 0) is 24.3 Å². The molecule has 136 valence electrons. The molecule has 8 heteroatoms. The first-order valence-corrected chi connectivity index (χ1v) is 7.81. The van der Waals surface area contributed by atoms with E-state index in [1.807, 2.05) is 6.92 Å². The van der Waals surface area contributed by atoms with E-state index in [1.165, 1.54) is 17.3 Å². The third kappa shape index (κ3) is 5.81. The van der Waals surface area contributed by atoms with Crippen LogP contribution in [0.1, 0.15) is 18.3 Å². The van der Waals surface area contributed by atoms with Gasteiger partial charge in [-0.15, -0.1) is 0 Å². The monoisotopic (exact) mass is 355 g/mol. The van der Waals surface area contributed by atoms with Crippen molar-refractivity contribution in [2.45, 2.75) is 32.6 Å². The van der Waals surface area contributed by atoms with E-state index in [4.69, 9.17) is 4.74 Å². The summed E-state index contributed by atoms with van der Waals surface area (Å²) in [4.78, 5) is 17.6. The Morgan fingerprint density at radius 3 is 2.56 bits per heavy atom. The van der Waals surface area contributed by atoms with Crippen molar-refractivity contribution in [3.63, 3.8) is 0 Å². The van der Waals surface area contributed by atoms with Gasteiger partial charge in [-0.3, -0.25) is 4.79 Å². The van der Waals surface area contributed by atoms with Crippen LogP contribution in [0.25, 0.3) is 0 Å². The van der Waals surface area contributed by atoms with Crippen LogP contribution in [0.3, 0.4) is 0 Å². The number of hydrogen-bond donors (Lipinski definition) is 0. The van der Waals surface area contributed by atoms with Gasteiger partial charge in [0.1, 0.15) is 18.1 Å². The summed E-state index contributed by atoms with van der Waals surface area (Å²) in [5.74, 6) is 0.715. The van der Waals surface area contributed by atoms with E-state index in [0.717, 1.165) is 15.9 Å². The zero-order valence-electron chi connectivity index (χ0n) is 14.1. The van der Waals surface area contributed by atoms with E-state index < -0.39 is 12.7 Å². The number of amides is 1. The molecule has 25 heavy (non-hydrogen) atoms. The van der Waals surface area contributed by atoms with E-state index in [9.17, 15) is 18.0 Å². The lowest BCUT2D eigenvalue weighted by Crippen LogP contribution is -2.30. The minimum atomic E-state index is -4.33. The topological polar surface area (TPSA) is 47.4 Å². The van der Waals surface area contributed by atoms with Gasteiger partial charge in [-0.05, 0) is 24.6 Å². The lowest BCUT2D eigenvalue weighted by molar-refractivity contribution is -0.141. The minimum Gasteiger partial charge on any atom is -0.494 e. The van der Waals surface area contributed by atoms with Gasteiger partial charge in [-0.2, -0.15) is 13.2 Å². The highest BCUT2D eigenvalue weighted by Gasteiger charge is 2.29. The van der Waals surface area contributed by atoms with E-state index in [1.54, 1.807) is 31.3 Å². The molecule has 0 saturated heterocycles. The van der Waals surface area contributed by atoms with Gasteiger partial charge in [0.2, 0.25) is 5.91 Å². The number of carbonyl (C=O) groups excluding carboxylic acids is 1. The largest absolute Gasteiger partial charge is 0.494 e. The van der Waals surface area contributed by atoms with E-state index in [-0.39, 0.29) is 24.7 Å². The van der Waals surface area contributed by atoms with Crippen molar-refractivity contribution in [2.24, 2.45) is 0 Å². The number of likely N-dealkylation sites (N-methyl/N-ethyl adjacent to an activating group) is 1. The van der Waals surface area contributed by atoms with E-state index >= 15 is 0 Å². The van der Waals surface area contributed by atoms with Crippen molar-refractivity contribution < 1.29 is 22.7 Å². The van der Waals surface area contributed by atoms with Crippen molar-refractivity contribution in [1.29, 1.82) is 0 Å². The van der Waals surface area contributed by atoms with Gasteiger partial charge in [0.05, 0.1) is 19.6 Å². The standard InChI is InChI=1S/C17H20F3N3O2/c1-3-25-14-6-4-13(5-7-14)10-16(24)22(2)11-15-21-8-9-23(15)12-17(18,19)20/h4-9H,3,10-12H2,1-2H3. The second-order valence-electron chi connectivity index (χ2n) is 5.59. The molecule has 5 nitrogen and oxygen atoms in total. The molecule has 0 atom stereocenters. The zero-order valence-corrected chi connectivity index (χ0v) is 14.1. The lowest BCUT2D eigenvalue weighted by atomic mass is 10.1. The van der Waals surface area contributed by atoms with Gasteiger partial charge >= 0.3 is 6.18 Å². The molecule has 0 bridgehead atoms. The van der Waals surface area contributed by atoms with Crippen LogP contribution in [0.2, 0.25) is 0 Å². The summed E-state index contributed by atoms with van der Waals surface area (Å²) < 4.78 is 43.9. The van der Waals surface area contributed by atoms with Gasteiger partial charge in [0, 0.05) is 19.4 Å². The highest BCUT2D eigenvalue weighted by Crippen LogP contribution is 2.19. The average Bonchev–Trinajstić information content (AvgIpc) is 2.94. The molecular formula is C17H20F3N3O2. The van der Waals surface area contributed by atoms with Gasteiger partial charge in [-0.25, -0.2) is 4.98 Å². The summed E-state index contributed by atoms with van der Waals surface area (Å²) in [7, 11) is 1.55.